The van der Waals surface area contributed by atoms with Gasteiger partial charge in [0.25, 0.3) is 5.91 Å². The standard InChI is InChI=1S/C19H17N5O3/c20-10-12-3-1-5-14(7-12)22-18(26)13-4-2-6-15(8-13)23-19(27)24-16-9-17(25)21-11-16/h1-8,16H,9,11H2,(H,21,25)(H,22,26)(H2,23,24,27)/t16-/m0/s1. The number of carbonyl (C=O) groups excluding carboxylic acids is 3. The van der Waals surface area contributed by atoms with Crippen molar-refractivity contribution in [3.8, 4) is 6.07 Å². The van der Waals surface area contributed by atoms with Gasteiger partial charge in [0, 0.05) is 29.9 Å². The van der Waals surface area contributed by atoms with Crippen LogP contribution >= 0.6 is 0 Å². The third kappa shape index (κ3) is 4.83. The summed E-state index contributed by atoms with van der Waals surface area (Å²) in [5, 5.41) is 19.6. The summed E-state index contributed by atoms with van der Waals surface area (Å²) >= 11 is 0. The van der Waals surface area contributed by atoms with Gasteiger partial charge in [-0.3, -0.25) is 9.59 Å². The lowest BCUT2D eigenvalue weighted by Crippen LogP contribution is -2.39. The predicted molar refractivity (Wildman–Crippen MR) is 99.1 cm³/mol. The minimum Gasteiger partial charge on any atom is -0.354 e. The van der Waals surface area contributed by atoms with Crippen molar-refractivity contribution < 1.29 is 14.4 Å². The van der Waals surface area contributed by atoms with E-state index in [1.165, 1.54) is 0 Å². The van der Waals surface area contributed by atoms with Gasteiger partial charge in [0.05, 0.1) is 17.7 Å². The van der Waals surface area contributed by atoms with Gasteiger partial charge >= 0.3 is 6.03 Å². The van der Waals surface area contributed by atoms with Crippen LogP contribution in [0.15, 0.2) is 48.5 Å². The highest BCUT2D eigenvalue weighted by Gasteiger charge is 2.22. The van der Waals surface area contributed by atoms with Crippen molar-refractivity contribution in [1.82, 2.24) is 10.6 Å². The third-order valence-corrected chi connectivity index (χ3v) is 3.94. The van der Waals surface area contributed by atoms with Crippen LogP contribution in [0.25, 0.3) is 0 Å². The highest BCUT2D eigenvalue weighted by Crippen LogP contribution is 2.15. The van der Waals surface area contributed by atoms with Crippen molar-refractivity contribution in [1.29, 1.82) is 5.26 Å². The van der Waals surface area contributed by atoms with Crippen LogP contribution in [0.3, 0.4) is 0 Å². The quantitative estimate of drug-likeness (QED) is 0.661. The first-order chi connectivity index (χ1) is 13.0. The number of benzene rings is 2. The maximum absolute atomic E-state index is 12.4. The monoisotopic (exact) mass is 363 g/mol. The molecule has 1 saturated heterocycles. The molecule has 4 N–H and O–H groups in total. The lowest BCUT2D eigenvalue weighted by atomic mass is 10.1. The lowest BCUT2D eigenvalue weighted by molar-refractivity contribution is -0.119. The van der Waals surface area contributed by atoms with E-state index in [2.05, 4.69) is 21.3 Å². The predicted octanol–water partition coefficient (Wildman–Crippen LogP) is 1.82. The minimum atomic E-state index is -0.448. The zero-order chi connectivity index (χ0) is 19.2. The first-order valence-electron chi connectivity index (χ1n) is 8.29. The molecule has 4 amide bonds. The normalized spacial score (nSPS) is 15.4. The highest BCUT2D eigenvalue weighted by molar-refractivity contribution is 6.05. The summed E-state index contributed by atoms with van der Waals surface area (Å²) in [5.74, 6) is -0.459. The lowest BCUT2D eigenvalue weighted by Gasteiger charge is -2.12. The summed E-state index contributed by atoms with van der Waals surface area (Å²) in [6.45, 7) is 0.399. The molecule has 0 aromatic heterocycles. The van der Waals surface area contributed by atoms with Gasteiger partial charge in [-0.25, -0.2) is 4.79 Å². The molecule has 3 rings (SSSR count). The second-order valence-corrected chi connectivity index (χ2v) is 6.03. The molecule has 8 nitrogen and oxygen atoms in total. The Morgan fingerprint density at radius 3 is 2.52 bits per heavy atom. The van der Waals surface area contributed by atoms with Crippen molar-refractivity contribution in [2.24, 2.45) is 0 Å². The molecule has 0 aliphatic carbocycles. The average molecular weight is 363 g/mol. The smallest absolute Gasteiger partial charge is 0.319 e. The number of nitriles is 1. The van der Waals surface area contributed by atoms with Crippen molar-refractivity contribution in [2.75, 3.05) is 17.2 Å². The van der Waals surface area contributed by atoms with Crippen molar-refractivity contribution in [2.45, 2.75) is 12.5 Å². The number of carbonyl (C=O) groups is 3. The van der Waals surface area contributed by atoms with Gasteiger partial charge in [0.2, 0.25) is 5.91 Å². The number of hydrogen-bond donors (Lipinski definition) is 4. The molecule has 0 radical (unpaired) electrons. The molecule has 0 bridgehead atoms. The Bertz CT molecular complexity index is 935. The number of anilines is 2. The van der Waals surface area contributed by atoms with Crippen LogP contribution in [-0.4, -0.2) is 30.4 Å². The number of hydrogen-bond acceptors (Lipinski definition) is 4. The zero-order valence-electron chi connectivity index (χ0n) is 14.3. The van der Waals surface area contributed by atoms with E-state index in [9.17, 15) is 14.4 Å². The van der Waals surface area contributed by atoms with Gasteiger partial charge in [0.1, 0.15) is 0 Å². The van der Waals surface area contributed by atoms with Crippen LogP contribution in [-0.2, 0) is 4.79 Å². The molecule has 2 aromatic rings. The van der Waals surface area contributed by atoms with E-state index in [-0.39, 0.29) is 24.3 Å². The fraction of sp³-hybridized carbons (Fsp3) is 0.158. The van der Waals surface area contributed by atoms with Crippen LogP contribution in [0.4, 0.5) is 16.2 Å². The number of rotatable bonds is 4. The van der Waals surface area contributed by atoms with Crippen molar-refractivity contribution in [3.63, 3.8) is 0 Å². The van der Waals surface area contributed by atoms with E-state index in [4.69, 9.17) is 5.26 Å². The Morgan fingerprint density at radius 1 is 1.07 bits per heavy atom. The molecule has 1 heterocycles. The van der Waals surface area contributed by atoms with E-state index in [0.29, 0.717) is 29.0 Å². The second kappa shape index (κ2) is 8.01. The molecule has 1 atom stereocenters. The Kier molecular flexibility index (Phi) is 5.33. The van der Waals surface area contributed by atoms with Crippen LogP contribution in [0.5, 0.6) is 0 Å². The van der Waals surface area contributed by atoms with E-state index in [1.54, 1.807) is 48.5 Å². The molecule has 2 aromatic carbocycles. The molecule has 0 unspecified atom stereocenters. The summed E-state index contributed by atoms with van der Waals surface area (Å²) in [6.07, 6.45) is 0.248. The maximum atomic E-state index is 12.4. The molecule has 136 valence electrons. The van der Waals surface area contributed by atoms with Gasteiger partial charge < -0.3 is 21.3 Å². The van der Waals surface area contributed by atoms with Gasteiger partial charge in [0.15, 0.2) is 0 Å². The number of urea groups is 1. The molecule has 27 heavy (non-hydrogen) atoms. The summed E-state index contributed by atoms with van der Waals surface area (Å²) in [7, 11) is 0. The third-order valence-electron chi connectivity index (χ3n) is 3.94. The van der Waals surface area contributed by atoms with Crippen LogP contribution < -0.4 is 21.3 Å². The molecule has 0 spiro atoms. The first-order valence-corrected chi connectivity index (χ1v) is 8.29. The van der Waals surface area contributed by atoms with Gasteiger partial charge in [-0.15, -0.1) is 0 Å². The molecule has 1 aliphatic rings. The fourth-order valence-electron chi connectivity index (χ4n) is 2.67. The molecule has 1 aliphatic heterocycles. The van der Waals surface area contributed by atoms with E-state index >= 15 is 0 Å². The molecule has 8 heteroatoms. The zero-order valence-corrected chi connectivity index (χ0v) is 14.3. The number of nitrogens with zero attached hydrogens (tertiary/aromatic N) is 1. The Hall–Kier alpha value is -3.86. The topological polar surface area (TPSA) is 123 Å². The Balaban J connectivity index is 1.62. The molecular weight excluding hydrogens is 346 g/mol. The average Bonchev–Trinajstić information content (AvgIpc) is 3.06. The fourth-order valence-corrected chi connectivity index (χ4v) is 2.67. The number of amides is 4. The van der Waals surface area contributed by atoms with Crippen LogP contribution in [0.2, 0.25) is 0 Å². The Labute approximate surface area is 155 Å². The maximum Gasteiger partial charge on any atom is 0.319 e. The second-order valence-electron chi connectivity index (χ2n) is 6.03. The van der Waals surface area contributed by atoms with Crippen molar-refractivity contribution >= 4 is 29.2 Å². The van der Waals surface area contributed by atoms with Gasteiger partial charge in [-0.2, -0.15) is 5.26 Å². The molecule has 1 fully saturated rings. The summed E-state index contributed by atoms with van der Waals surface area (Å²) in [6, 6.07) is 14.4. The molecular formula is C19H17N5O3. The van der Waals surface area contributed by atoms with Crippen LogP contribution in [0, 0.1) is 11.3 Å². The SMILES string of the molecule is N#Cc1cccc(NC(=O)c2cccc(NC(=O)N[C@@H]3CNC(=O)C3)c2)c1. The largest absolute Gasteiger partial charge is 0.354 e. The highest BCUT2D eigenvalue weighted by atomic mass is 16.2. The van der Waals surface area contributed by atoms with Crippen LogP contribution in [0.1, 0.15) is 22.3 Å². The van der Waals surface area contributed by atoms with E-state index in [0.717, 1.165) is 0 Å². The number of nitrogens with one attached hydrogen (secondary N) is 4. The first kappa shape index (κ1) is 17.9. The van der Waals surface area contributed by atoms with Crippen molar-refractivity contribution in [3.05, 3.63) is 59.7 Å². The minimum absolute atomic E-state index is 0.0977. The van der Waals surface area contributed by atoms with Gasteiger partial charge in [-0.1, -0.05) is 12.1 Å². The Morgan fingerprint density at radius 2 is 1.81 bits per heavy atom. The molecule has 0 saturated carbocycles. The van der Waals surface area contributed by atoms with E-state index in [1.807, 2.05) is 6.07 Å². The van der Waals surface area contributed by atoms with E-state index < -0.39 is 6.03 Å². The summed E-state index contributed by atoms with van der Waals surface area (Å²) in [5.41, 5.74) is 1.75. The summed E-state index contributed by atoms with van der Waals surface area (Å²) in [4.78, 5) is 35.6. The summed E-state index contributed by atoms with van der Waals surface area (Å²) < 4.78 is 0. The van der Waals surface area contributed by atoms with Gasteiger partial charge in [-0.05, 0) is 36.4 Å².